The van der Waals surface area contributed by atoms with E-state index in [1.807, 2.05) is 0 Å². The van der Waals surface area contributed by atoms with E-state index in [9.17, 15) is 4.79 Å². The van der Waals surface area contributed by atoms with Gasteiger partial charge in [-0.25, -0.2) is 4.98 Å². The lowest BCUT2D eigenvalue weighted by Crippen LogP contribution is -2.47. The number of hydrogen-bond acceptors (Lipinski definition) is 7. The van der Waals surface area contributed by atoms with E-state index >= 15 is 0 Å². The lowest BCUT2D eigenvalue weighted by Gasteiger charge is -2.33. The van der Waals surface area contributed by atoms with E-state index in [0.717, 1.165) is 51.8 Å². The Bertz CT molecular complexity index is 889. The lowest BCUT2D eigenvalue weighted by atomic mass is 10.2. The molecule has 0 radical (unpaired) electrons. The Morgan fingerprint density at radius 1 is 0.963 bits per heavy atom. The highest BCUT2D eigenvalue weighted by molar-refractivity contribution is 5.83. The first-order valence-electron chi connectivity index (χ1n) is 9.43. The first kappa shape index (κ1) is 18.1. The quantitative estimate of drug-likeness (QED) is 0.755. The van der Waals surface area contributed by atoms with Crippen LogP contribution in [0.25, 0.3) is 10.9 Å². The Labute approximate surface area is 158 Å². The summed E-state index contributed by atoms with van der Waals surface area (Å²) in [6.45, 7) is 7.79. The molecule has 0 spiro atoms. The number of rotatable bonds is 5. The molecule has 2 aliphatic rings. The minimum Gasteiger partial charge on any atom is -0.493 e. The summed E-state index contributed by atoms with van der Waals surface area (Å²) in [6.07, 6.45) is 0. The van der Waals surface area contributed by atoms with Crippen molar-refractivity contribution in [2.45, 2.75) is 6.54 Å². The van der Waals surface area contributed by atoms with Crippen LogP contribution in [0.1, 0.15) is 0 Å². The maximum atomic E-state index is 13.0. The van der Waals surface area contributed by atoms with E-state index in [1.54, 1.807) is 30.9 Å². The molecule has 2 aliphatic heterocycles. The molecule has 2 aromatic rings. The van der Waals surface area contributed by atoms with Crippen LogP contribution in [-0.2, 0) is 6.54 Å². The average Bonchev–Trinajstić information content (AvgIpc) is 3.10. The van der Waals surface area contributed by atoms with Crippen molar-refractivity contribution in [3.63, 3.8) is 0 Å². The average molecular weight is 373 g/mol. The highest BCUT2D eigenvalue weighted by Gasteiger charge is 2.25. The third kappa shape index (κ3) is 3.35. The van der Waals surface area contributed by atoms with Gasteiger partial charge in [-0.2, -0.15) is 0 Å². The van der Waals surface area contributed by atoms with Crippen molar-refractivity contribution in [1.29, 1.82) is 0 Å². The Hall–Kier alpha value is -2.32. The van der Waals surface area contributed by atoms with Gasteiger partial charge < -0.3 is 19.3 Å². The maximum absolute atomic E-state index is 13.0. The molecule has 1 aromatic heterocycles. The van der Waals surface area contributed by atoms with E-state index in [0.29, 0.717) is 28.9 Å². The fraction of sp³-hybridized carbons (Fsp3) is 0.579. The van der Waals surface area contributed by atoms with Gasteiger partial charge in [0.2, 0.25) is 5.95 Å². The second-order valence-corrected chi connectivity index (χ2v) is 7.22. The van der Waals surface area contributed by atoms with Crippen LogP contribution >= 0.6 is 0 Å². The van der Waals surface area contributed by atoms with Crippen LogP contribution in [0.3, 0.4) is 0 Å². The summed E-state index contributed by atoms with van der Waals surface area (Å²) in [5.74, 6) is 1.90. The highest BCUT2D eigenvalue weighted by Crippen LogP contribution is 2.31. The second kappa shape index (κ2) is 7.36. The number of fused-ring (bicyclic) bond motifs is 2. The van der Waals surface area contributed by atoms with Crippen LogP contribution in [0.2, 0.25) is 0 Å². The number of ether oxygens (including phenoxy) is 2. The molecular weight excluding hydrogens is 346 g/mol. The molecular formula is C19H27N5O3. The largest absolute Gasteiger partial charge is 0.493 e. The number of methoxy groups -OCH3 is 2. The molecule has 1 aromatic carbocycles. The Kier molecular flexibility index (Phi) is 4.92. The molecule has 1 fully saturated rings. The van der Waals surface area contributed by atoms with Gasteiger partial charge in [0.15, 0.2) is 11.5 Å². The normalized spacial score (nSPS) is 18.1. The molecule has 146 valence electrons. The van der Waals surface area contributed by atoms with Gasteiger partial charge in [-0.05, 0) is 13.1 Å². The highest BCUT2D eigenvalue weighted by atomic mass is 16.5. The molecule has 1 saturated heterocycles. The smallest absolute Gasteiger partial charge is 0.262 e. The van der Waals surface area contributed by atoms with Crippen LogP contribution < -0.4 is 19.9 Å². The van der Waals surface area contributed by atoms with Crippen molar-refractivity contribution >= 4 is 16.9 Å². The zero-order chi connectivity index (χ0) is 19.0. The predicted molar refractivity (Wildman–Crippen MR) is 105 cm³/mol. The minimum absolute atomic E-state index is 0.0157. The zero-order valence-electron chi connectivity index (χ0n) is 16.3. The third-order valence-corrected chi connectivity index (χ3v) is 5.60. The summed E-state index contributed by atoms with van der Waals surface area (Å²) in [7, 11) is 5.33. The topological polar surface area (TPSA) is 63.1 Å². The monoisotopic (exact) mass is 373 g/mol. The summed E-state index contributed by atoms with van der Waals surface area (Å²) in [6, 6.07) is 3.51. The fourth-order valence-corrected chi connectivity index (χ4v) is 3.85. The van der Waals surface area contributed by atoms with Crippen LogP contribution in [-0.4, -0.2) is 86.4 Å². The minimum atomic E-state index is -0.0157. The molecule has 0 N–H and O–H groups in total. The third-order valence-electron chi connectivity index (χ3n) is 5.60. The standard InChI is InChI=1S/C19H27N5O3/c1-21-4-6-22(7-5-21)8-9-23-10-11-24-18(25)14-12-16(26-2)17(27-3)13-15(14)20-19(23)24/h12-13H,4-11H2,1-3H3. The van der Waals surface area contributed by atoms with Gasteiger partial charge in [-0.15, -0.1) is 0 Å². The van der Waals surface area contributed by atoms with E-state index in [1.165, 1.54) is 0 Å². The molecule has 0 bridgehead atoms. The zero-order valence-corrected chi connectivity index (χ0v) is 16.3. The Balaban J connectivity index is 1.59. The van der Waals surface area contributed by atoms with E-state index in [2.05, 4.69) is 21.7 Å². The van der Waals surface area contributed by atoms with Crippen molar-refractivity contribution < 1.29 is 9.47 Å². The van der Waals surface area contributed by atoms with Gasteiger partial charge in [0.1, 0.15) is 0 Å². The molecule has 0 unspecified atom stereocenters. The molecule has 8 nitrogen and oxygen atoms in total. The van der Waals surface area contributed by atoms with Gasteiger partial charge in [0.25, 0.3) is 5.56 Å². The molecule has 0 saturated carbocycles. The van der Waals surface area contributed by atoms with Gasteiger partial charge in [0, 0.05) is 58.4 Å². The number of aromatic nitrogens is 2. The number of likely N-dealkylation sites (N-methyl/N-ethyl adjacent to an activating group) is 1. The molecule has 27 heavy (non-hydrogen) atoms. The molecule has 0 aliphatic carbocycles. The molecule has 4 rings (SSSR count). The SMILES string of the molecule is COc1cc2nc3n(c(=O)c2cc1OC)CCN3CCN1CCN(C)CC1. The second-order valence-electron chi connectivity index (χ2n) is 7.22. The fourth-order valence-electron chi connectivity index (χ4n) is 3.85. The maximum Gasteiger partial charge on any atom is 0.262 e. The number of hydrogen-bond donors (Lipinski definition) is 0. The van der Waals surface area contributed by atoms with Crippen molar-refractivity contribution in [2.24, 2.45) is 0 Å². The van der Waals surface area contributed by atoms with Gasteiger partial charge >= 0.3 is 0 Å². The number of benzene rings is 1. The summed E-state index contributed by atoms with van der Waals surface area (Å²) < 4.78 is 12.5. The van der Waals surface area contributed by atoms with Crippen molar-refractivity contribution in [3.05, 3.63) is 22.5 Å². The molecule has 3 heterocycles. The van der Waals surface area contributed by atoms with Gasteiger partial charge in [-0.3, -0.25) is 14.3 Å². The van der Waals surface area contributed by atoms with Crippen molar-refractivity contribution in [2.75, 3.05) is 72.0 Å². The molecule has 0 amide bonds. The number of nitrogens with zero attached hydrogens (tertiary/aromatic N) is 5. The van der Waals surface area contributed by atoms with Crippen LogP contribution in [0.4, 0.5) is 5.95 Å². The molecule has 0 atom stereocenters. The Morgan fingerprint density at radius 3 is 2.37 bits per heavy atom. The van der Waals surface area contributed by atoms with E-state index in [-0.39, 0.29) is 5.56 Å². The Morgan fingerprint density at radius 2 is 1.67 bits per heavy atom. The van der Waals surface area contributed by atoms with E-state index in [4.69, 9.17) is 14.5 Å². The van der Waals surface area contributed by atoms with Crippen LogP contribution in [0.15, 0.2) is 16.9 Å². The summed E-state index contributed by atoms with van der Waals surface area (Å²) >= 11 is 0. The van der Waals surface area contributed by atoms with Crippen LogP contribution in [0, 0.1) is 0 Å². The first-order chi connectivity index (χ1) is 13.1. The lowest BCUT2D eigenvalue weighted by molar-refractivity contribution is 0.157. The van der Waals surface area contributed by atoms with Crippen molar-refractivity contribution in [1.82, 2.24) is 19.4 Å². The summed E-state index contributed by atoms with van der Waals surface area (Å²) in [5.41, 5.74) is 0.633. The first-order valence-corrected chi connectivity index (χ1v) is 9.43. The summed E-state index contributed by atoms with van der Waals surface area (Å²) in [5, 5.41) is 0.567. The van der Waals surface area contributed by atoms with Gasteiger partial charge in [0.05, 0.1) is 25.1 Å². The van der Waals surface area contributed by atoms with Crippen LogP contribution in [0.5, 0.6) is 11.5 Å². The number of piperazine rings is 1. The van der Waals surface area contributed by atoms with Gasteiger partial charge in [-0.1, -0.05) is 0 Å². The van der Waals surface area contributed by atoms with E-state index < -0.39 is 0 Å². The predicted octanol–water partition coefficient (Wildman–Crippen LogP) is 0.481. The summed E-state index contributed by atoms with van der Waals surface area (Å²) in [4.78, 5) is 24.8. The van der Waals surface area contributed by atoms with Crippen molar-refractivity contribution in [3.8, 4) is 11.5 Å². The molecule has 8 heteroatoms. The number of anilines is 1.